The van der Waals surface area contributed by atoms with Crippen molar-refractivity contribution in [1.82, 2.24) is 5.32 Å². The number of benzene rings is 1. The highest BCUT2D eigenvalue weighted by molar-refractivity contribution is 5.33. The Morgan fingerprint density at radius 3 is 2.93 bits per heavy atom. The van der Waals surface area contributed by atoms with Crippen molar-refractivity contribution >= 4 is 0 Å². The number of nitrogens with one attached hydrogen (secondary N) is 1. The van der Waals surface area contributed by atoms with Crippen LogP contribution in [-0.2, 0) is 6.42 Å². The van der Waals surface area contributed by atoms with Gasteiger partial charge in [-0.05, 0) is 24.0 Å². The van der Waals surface area contributed by atoms with E-state index in [1.165, 1.54) is 11.1 Å². The van der Waals surface area contributed by atoms with Gasteiger partial charge in [0.15, 0.2) is 0 Å². The first kappa shape index (κ1) is 9.69. The molecule has 0 radical (unpaired) electrons. The molecule has 0 aromatic heterocycles. The Morgan fingerprint density at radius 2 is 2.21 bits per heavy atom. The Kier molecular flexibility index (Phi) is 2.85. The maximum absolute atomic E-state index is 9.17. The molecule has 1 heterocycles. The molecule has 2 nitrogen and oxygen atoms in total. The summed E-state index contributed by atoms with van der Waals surface area (Å²) in [4.78, 5) is 0. The third-order valence-electron chi connectivity index (χ3n) is 2.96. The summed E-state index contributed by atoms with van der Waals surface area (Å²) in [6.45, 7) is 2.40. The van der Waals surface area contributed by atoms with Crippen LogP contribution in [-0.4, -0.2) is 17.8 Å². The Hall–Kier alpha value is -0.860. The largest absolute Gasteiger partial charge is 0.395 e. The number of hydrogen-bond acceptors (Lipinski definition) is 2. The van der Waals surface area contributed by atoms with Gasteiger partial charge in [0, 0.05) is 12.1 Å². The zero-order valence-corrected chi connectivity index (χ0v) is 8.53. The van der Waals surface area contributed by atoms with Crippen molar-refractivity contribution in [2.24, 2.45) is 0 Å². The number of aliphatic hydroxyl groups excluding tert-OH is 1. The summed E-state index contributed by atoms with van der Waals surface area (Å²) in [5.74, 6) is 0. The average molecular weight is 191 g/mol. The molecule has 0 fully saturated rings. The summed E-state index contributed by atoms with van der Waals surface area (Å²) in [6.07, 6.45) is 2.02. The van der Waals surface area contributed by atoms with Crippen LogP contribution < -0.4 is 5.32 Å². The van der Waals surface area contributed by atoms with Crippen LogP contribution in [0.2, 0.25) is 0 Å². The fraction of sp³-hybridized carbons (Fsp3) is 0.500. The van der Waals surface area contributed by atoms with Gasteiger partial charge in [0.25, 0.3) is 0 Å². The van der Waals surface area contributed by atoms with E-state index in [2.05, 4.69) is 36.5 Å². The Bertz CT molecular complexity index is 311. The van der Waals surface area contributed by atoms with Crippen molar-refractivity contribution in [3.05, 3.63) is 35.4 Å². The van der Waals surface area contributed by atoms with Crippen LogP contribution in [0.15, 0.2) is 24.3 Å². The van der Waals surface area contributed by atoms with E-state index < -0.39 is 0 Å². The standard InChI is InChI=1S/C12H17NO/c1-2-12-11-6-4-3-5-9(11)7-10(8-14)13-12/h3-6,10,12-14H,2,7-8H2,1H3/t10-,12-/m1/s1. The molecule has 1 aliphatic heterocycles. The van der Waals surface area contributed by atoms with Crippen molar-refractivity contribution < 1.29 is 5.11 Å². The monoisotopic (exact) mass is 191 g/mol. The minimum atomic E-state index is 0.227. The van der Waals surface area contributed by atoms with Crippen LogP contribution in [0, 0.1) is 0 Å². The lowest BCUT2D eigenvalue weighted by Gasteiger charge is -2.31. The molecule has 2 rings (SSSR count). The molecule has 2 N–H and O–H groups in total. The Labute approximate surface area is 85.0 Å². The highest BCUT2D eigenvalue weighted by Crippen LogP contribution is 2.26. The van der Waals surface area contributed by atoms with Gasteiger partial charge in [-0.15, -0.1) is 0 Å². The first-order valence-corrected chi connectivity index (χ1v) is 5.30. The van der Waals surface area contributed by atoms with Crippen LogP contribution >= 0.6 is 0 Å². The highest BCUT2D eigenvalue weighted by atomic mass is 16.3. The van der Waals surface area contributed by atoms with Crippen LogP contribution in [0.25, 0.3) is 0 Å². The normalized spacial score (nSPS) is 25.9. The molecule has 0 amide bonds. The first-order valence-electron chi connectivity index (χ1n) is 5.30. The maximum Gasteiger partial charge on any atom is 0.0588 e. The molecule has 0 bridgehead atoms. The van der Waals surface area contributed by atoms with E-state index in [9.17, 15) is 0 Å². The van der Waals surface area contributed by atoms with Gasteiger partial charge in [0.2, 0.25) is 0 Å². The Balaban J connectivity index is 2.31. The molecule has 76 valence electrons. The van der Waals surface area contributed by atoms with E-state index in [-0.39, 0.29) is 12.6 Å². The average Bonchev–Trinajstić information content (AvgIpc) is 2.27. The second kappa shape index (κ2) is 4.11. The third-order valence-corrected chi connectivity index (χ3v) is 2.96. The first-order chi connectivity index (χ1) is 6.85. The lowest BCUT2D eigenvalue weighted by Crippen LogP contribution is -2.41. The molecule has 1 aromatic carbocycles. The molecule has 0 spiro atoms. The SMILES string of the molecule is CC[C@H]1N[C@@H](CO)Cc2ccccc21. The zero-order valence-electron chi connectivity index (χ0n) is 8.53. The quantitative estimate of drug-likeness (QED) is 0.745. The van der Waals surface area contributed by atoms with Gasteiger partial charge >= 0.3 is 0 Å². The van der Waals surface area contributed by atoms with Crippen LogP contribution in [0.5, 0.6) is 0 Å². The zero-order chi connectivity index (χ0) is 9.97. The molecular weight excluding hydrogens is 174 g/mol. The molecule has 0 saturated carbocycles. The van der Waals surface area contributed by atoms with Gasteiger partial charge in [0.05, 0.1) is 6.61 Å². The van der Waals surface area contributed by atoms with Gasteiger partial charge < -0.3 is 10.4 Å². The van der Waals surface area contributed by atoms with E-state index in [0.717, 1.165) is 12.8 Å². The molecule has 0 saturated heterocycles. The lowest BCUT2D eigenvalue weighted by atomic mass is 9.89. The van der Waals surface area contributed by atoms with Crippen LogP contribution in [0.1, 0.15) is 30.5 Å². The van der Waals surface area contributed by atoms with E-state index in [4.69, 9.17) is 5.11 Å². The van der Waals surface area contributed by atoms with Gasteiger partial charge in [-0.25, -0.2) is 0 Å². The fourth-order valence-corrected chi connectivity index (χ4v) is 2.21. The third kappa shape index (κ3) is 1.68. The molecule has 14 heavy (non-hydrogen) atoms. The minimum absolute atomic E-state index is 0.227. The van der Waals surface area contributed by atoms with Gasteiger partial charge in [0.1, 0.15) is 0 Å². The number of aliphatic hydroxyl groups is 1. The van der Waals surface area contributed by atoms with Gasteiger partial charge in [-0.3, -0.25) is 0 Å². The van der Waals surface area contributed by atoms with E-state index in [1.807, 2.05) is 0 Å². The number of rotatable bonds is 2. The summed E-state index contributed by atoms with van der Waals surface area (Å²) in [5, 5.41) is 12.6. The smallest absolute Gasteiger partial charge is 0.0588 e. The van der Waals surface area contributed by atoms with E-state index in [1.54, 1.807) is 0 Å². The van der Waals surface area contributed by atoms with E-state index >= 15 is 0 Å². The summed E-state index contributed by atoms with van der Waals surface area (Å²) in [7, 11) is 0. The molecule has 1 aliphatic rings. The van der Waals surface area contributed by atoms with Crippen molar-refractivity contribution in [2.75, 3.05) is 6.61 Å². The summed E-state index contributed by atoms with van der Waals surface area (Å²) < 4.78 is 0. The molecule has 1 aromatic rings. The summed E-state index contributed by atoms with van der Waals surface area (Å²) >= 11 is 0. The molecule has 2 heteroatoms. The highest BCUT2D eigenvalue weighted by Gasteiger charge is 2.23. The van der Waals surface area contributed by atoms with Crippen molar-refractivity contribution in [3.63, 3.8) is 0 Å². The van der Waals surface area contributed by atoms with Gasteiger partial charge in [-0.2, -0.15) is 0 Å². The Morgan fingerprint density at radius 1 is 1.43 bits per heavy atom. The van der Waals surface area contributed by atoms with Crippen molar-refractivity contribution in [1.29, 1.82) is 0 Å². The second-order valence-corrected chi connectivity index (χ2v) is 3.91. The second-order valence-electron chi connectivity index (χ2n) is 3.91. The summed E-state index contributed by atoms with van der Waals surface area (Å²) in [6, 6.07) is 9.16. The topological polar surface area (TPSA) is 32.3 Å². The fourth-order valence-electron chi connectivity index (χ4n) is 2.21. The number of hydrogen-bond donors (Lipinski definition) is 2. The van der Waals surface area contributed by atoms with Crippen molar-refractivity contribution in [2.45, 2.75) is 31.8 Å². The van der Waals surface area contributed by atoms with Crippen molar-refractivity contribution in [3.8, 4) is 0 Å². The molecule has 0 aliphatic carbocycles. The summed E-state index contributed by atoms with van der Waals surface area (Å²) in [5.41, 5.74) is 2.79. The molecular formula is C12H17NO. The lowest BCUT2D eigenvalue weighted by molar-refractivity contribution is 0.221. The van der Waals surface area contributed by atoms with Crippen LogP contribution in [0.4, 0.5) is 0 Å². The molecule has 0 unspecified atom stereocenters. The minimum Gasteiger partial charge on any atom is -0.395 e. The number of fused-ring (bicyclic) bond motifs is 1. The van der Waals surface area contributed by atoms with Crippen LogP contribution in [0.3, 0.4) is 0 Å². The molecule has 2 atom stereocenters. The maximum atomic E-state index is 9.17. The van der Waals surface area contributed by atoms with Gasteiger partial charge in [-0.1, -0.05) is 31.2 Å². The van der Waals surface area contributed by atoms with E-state index in [0.29, 0.717) is 6.04 Å². The predicted octanol–water partition coefficient (Wildman–Crippen LogP) is 1.64. The predicted molar refractivity (Wildman–Crippen MR) is 57.2 cm³/mol.